The average Bonchev–Trinajstić information content (AvgIpc) is 2.29. The molecule has 0 aromatic heterocycles. The van der Waals surface area contributed by atoms with Crippen LogP contribution >= 0.6 is 0 Å². The van der Waals surface area contributed by atoms with Gasteiger partial charge in [0.25, 0.3) is 0 Å². The summed E-state index contributed by atoms with van der Waals surface area (Å²) in [5.74, 6) is -1.84. The van der Waals surface area contributed by atoms with E-state index in [9.17, 15) is 20.1 Å². The number of carbonyl (C=O) groups excluding carboxylic acids is 1. The van der Waals surface area contributed by atoms with E-state index >= 15 is 0 Å². The lowest BCUT2D eigenvalue weighted by atomic mass is 10.0. The van der Waals surface area contributed by atoms with Gasteiger partial charge in [-0.1, -0.05) is 0 Å². The molecule has 0 saturated heterocycles. The summed E-state index contributed by atoms with van der Waals surface area (Å²) < 4.78 is 4.57. The predicted molar refractivity (Wildman–Crippen MR) is 56.1 cm³/mol. The molecule has 0 amide bonds. The fourth-order valence-electron chi connectivity index (χ4n) is 1.25. The van der Waals surface area contributed by atoms with Gasteiger partial charge in [-0.15, -0.1) is 0 Å². The largest absolute Gasteiger partial charge is 0.507 e. The molecule has 3 N–H and O–H groups in total. The summed E-state index contributed by atoms with van der Waals surface area (Å²) in [5, 5.41) is 37.0. The molecule has 0 radical (unpaired) electrons. The van der Waals surface area contributed by atoms with Crippen LogP contribution in [0.15, 0.2) is 12.1 Å². The van der Waals surface area contributed by atoms with E-state index in [0.29, 0.717) is 0 Å². The first kappa shape index (κ1) is 12.8. The Morgan fingerprint density at radius 3 is 2.65 bits per heavy atom. The molecule has 6 heteroatoms. The fraction of sp³-hybridized carbons (Fsp3) is 0.273. The van der Waals surface area contributed by atoms with Gasteiger partial charge in [0.15, 0.2) is 6.10 Å². The predicted octanol–water partition coefficient (Wildman–Crippen LogP) is 0.566. The van der Waals surface area contributed by atoms with Gasteiger partial charge in [0.2, 0.25) is 0 Å². The van der Waals surface area contributed by atoms with Crippen LogP contribution < -0.4 is 0 Å². The molecule has 0 aliphatic carbocycles. The second-order valence-electron chi connectivity index (χ2n) is 3.19. The summed E-state index contributed by atoms with van der Waals surface area (Å²) in [6, 6.07) is 3.58. The second kappa shape index (κ2) is 5.18. The standard InChI is InChI=1S/C11H11NO5/c1-2-17-11(16)10(15)7-3-6(5-12)8(13)4-9(7)14/h3-4,10,13-15H,2H2,1H3. The second-order valence-corrected chi connectivity index (χ2v) is 3.19. The molecule has 0 aliphatic heterocycles. The minimum absolute atomic E-state index is 0.0832. The van der Waals surface area contributed by atoms with Crippen LogP contribution in [-0.2, 0) is 9.53 Å². The third kappa shape index (κ3) is 2.65. The number of ether oxygens (including phenoxy) is 1. The number of carbonyl (C=O) groups is 1. The molecule has 0 bridgehead atoms. The summed E-state index contributed by atoms with van der Waals surface area (Å²) in [7, 11) is 0. The van der Waals surface area contributed by atoms with Crippen LogP contribution in [0.2, 0.25) is 0 Å². The highest BCUT2D eigenvalue weighted by Gasteiger charge is 2.23. The van der Waals surface area contributed by atoms with Crippen molar-refractivity contribution in [2.75, 3.05) is 6.61 Å². The smallest absolute Gasteiger partial charge is 0.339 e. The van der Waals surface area contributed by atoms with Gasteiger partial charge in [0.05, 0.1) is 12.2 Å². The van der Waals surface area contributed by atoms with Crippen molar-refractivity contribution in [3.63, 3.8) is 0 Å². The van der Waals surface area contributed by atoms with E-state index in [0.717, 1.165) is 12.1 Å². The molecule has 1 unspecified atom stereocenters. The molecule has 90 valence electrons. The topological polar surface area (TPSA) is 111 Å². The SMILES string of the molecule is CCOC(=O)C(O)c1cc(C#N)c(O)cc1O. The lowest BCUT2D eigenvalue weighted by molar-refractivity contribution is -0.153. The number of aliphatic hydroxyl groups is 1. The molecule has 0 saturated carbocycles. The Morgan fingerprint density at radius 2 is 2.12 bits per heavy atom. The van der Waals surface area contributed by atoms with Crippen LogP contribution in [0.3, 0.4) is 0 Å². The van der Waals surface area contributed by atoms with Gasteiger partial charge in [0.1, 0.15) is 17.6 Å². The number of hydrogen-bond donors (Lipinski definition) is 3. The minimum atomic E-state index is -1.69. The number of aliphatic hydroxyl groups excluding tert-OH is 1. The van der Waals surface area contributed by atoms with Gasteiger partial charge < -0.3 is 20.1 Å². The van der Waals surface area contributed by atoms with Crippen molar-refractivity contribution in [2.24, 2.45) is 0 Å². The number of phenols is 2. The van der Waals surface area contributed by atoms with Gasteiger partial charge in [-0.05, 0) is 13.0 Å². The lowest BCUT2D eigenvalue weighted by Gasteiger charge is -2.12. The Balaban J connectivity index is 3.14. The first-order valence-corrected chi connectivity index (χ1v) is 4.82. The van der Waals surface area contributed by atoms with Gasteiger partial charge in [0, 0.05) is 11.6 Å². The Bertz CT molecular complexity index is 477. The molecule has 0 fully saturated rings. The maximum atomic E-state index is 11.3. The van der Waals surface area contributed by atoms with Gasteiger partial charge in [-0.25, -0.2) is 4.79 Å². The number of rotatable bonds is 3. The van der Waals surface area contributed by atoms with Crippen molar-refractivity contribution in [1.82, 2.24) is 0 Å². The van der Waals surface area contributed by atoms with E-state index in [1.54, 1.807) is 13.0 Å². The molecule has 0 heterocycles. The highest BCUT2D eigenvalue weighted by Crippen LogP contribution is 2.31. The van der Waals surface area contributed by atoms with Crippen LogP contribution in [-0.4, -0.2) is 27.9 Å². The number of esters is 1. The van der Waals surface area contributed by atoms with E-state index in [4.69, 9.17) is 5.26 Å². The monoisotopic (exact) mass is 237 g/mol. The number of phenolic OH excluding ortho intramolecular Hbond substituents is 2. The highest BCUT2D eigenvalue weighted by atomic mass is 16.5. The summed E-state index contributed by atoms with van der Waals surface area (Å²) in [6.45, 7) is 1.65. The lowest BCUT2D eigenvalue weighted by Crippen LogP contribution is -2.15. The normalized spacial score (nSPS) is 11.6. The Morgan fingerprint density at radius 1 is 1.47 bits per heavy atom. The summed E-state index contributed by atoms with van der Waals surface area (Å²) in [6.07, 6.45) is -1.69. The zero-order chi connectivity index (χ0) is 13.0. The van der Waals surface area contributed by atoms with E-state index in [1.165, 1.54) is 0 Å². The molecule has 1 rings (SSSR count). The number of nitriles is 1. The maximum absolute atomic E-state index is 11.3. The van der Waals surface area contributed by atoms with E-state index in [-0.39, 0.29) is 17.7 Å². The maximum Gasteiger partial charge on any atom is 0.339 e. The molecule has 1 aromatic carbocycles. The average molecular weight is 237 g/mol. The molecule has 1 atom stereocenters. The Kier molecular flexibility index (Phi) is 3.91. The first-order valence-electron chi connectivity index (χ1n) is 4.82. The van der Waals surface area contributed by atoms with Crippen molar-refractivity contribution in [2.45, 2.75) is 13.0 Å². The first-order chi connectivity index (χ1) is 8.01. The van der Waals surface area contributed by atoms with Crippen molar-refractivity contribution in [3.8, 4) is 17.6 Å². The number of aromatic hydroxyl groups is 2. The summed E-state index contributed by atoms with van der Waals surface area (Å²) >= 11 is 0. The van der Waals surface area contributed by atoms with Crippen molar-refractivity contribution in [1.29, 1.82) is 5.26 Å². The minimum Gasteiger partial charge on any atom is -0.507 e. The zero-order valence-electron chi connectivity index (χ0n) is 9.04. The molecule has 0 spiro atoms. The van der Waals surface area contributed by atoms with Crippen molar-refractivity contribution < 1.29 is 24.9 Å². The van der Waals surface area contributed by atoms with Crippen molar-refractivity contribution in [3.05, 3.63) is 23.3 Å². The molecular formula is C11H11NO5. The van der Waals surface area contributed by atoms with E-state index in [1.807, 2.05) is 0 Å². The van der Waals surface area contributed by atoms with Gasteiger partial charge >= 0.3 is 5.97 Å². The quantitative estimate of drug-likeness (QED) is 0.662. The van der Waals surface area contributed by atoms with Crippen LogP contribution in [0.1, 0.15) is 24.2 Å². The van der Waals surface area contributed by atoms with Crippen LogP contribution in [0.5, 0.6) is 11.5 Å². The fourth-order valence-corrected chi connectivity index (χ4v) is 1.25. The van der Waals surface area contributed by atoms with Gasteiger partial charge in [-0.2, -0.15) is 5.26 Å². The zero-order valence-corrected chi connectivity index (χ0v) is 9.04. The van der Waals surface area contributed by atoms with Crippen LogP contribution in [0.4, 0.5) is 0 Å². The number of hydrogen-bond acceptors (Lipinski definition) is 6. The van der Waals surface area contributed by atoms with Gasteiger partial charge in [-0.3, -0.25) is 0 Å². The van der Waals surface area contributed by atoms with Crippen molar-refractivity contribution >= 4 is 5.97 Å². The Hall–Kier alpha value is -2.26. The number of benzene rings is 1. The third-order valence-electron chi connectivity index (χ3n) is 2.07. The summed E-state index contributed by atoms with van der Waals surface area (Å²) in [4.78, 5) is 11.3. The van der Waals surface area contributed by atoms with E-state index in [2.05, 4.69) is 4.74 Å². The third-order valence-corrected chi connectivity index (χ3v) is 2.07. The molecular weight excluding hydrogens is 226 g/mol. The Labute approximate surface area is 97.3 Å². The highest BCUT2D eigenvalue weighted by molar-refractivity contribution is 5.77. The molecule has 6 nitrogen and oxygen atoms in total. The number of nitrogens with zero attached hydrogens (tertiary/aromatic N) is 1. The van der Waals surface area contributed by atoms with E-state index < -0.39 is 23.6 Å². The molecule has 17 heavy (non-hydrogen) atoms. The molecule has 1 aromatic rings. The summed E-state index contributed by atoms with van der Waals surface area (Å²) in [5.41, 5.74) is -0.334. The molecule has 0 aliphatic rings. The van der Waals surface area contributed by atoms with Crippen LogP contribution in [0.25, 0.3) is 0 Å². The van der Waals surface area contributed by atoms with Crippen LogP contribution in [0, 0.1) is 11.3 Å².